The molecule has 6 heteroatoms. The van der Waals surface area contributed by atoms with Gasteiger partial charge in [-0.2, -0.15) is 5.11 Å². The molecule has 0 bridgehead atoms. The fourth-order valence-electron chi connectivity index (χ4n) is 1.94. The smallest absolute Gasteiger partial charge is 0.362 e. The standard InChI is InChI=1S/C18H17ClN2O3/c1-2-24-18(23)17(16(22)12-19)21-20-15-10-8-14(9-11-15)13-6-4-3-5-7-13/h3-11,22H,2,12H2,1H3/b17-16-,21-20?. The summed E-state index contributed by atoms with van der Waals surface area (Å²) in [5, 5.41) is 17.4. The van der Waals surface area contributed by atoms with Crippen molar-refractivity contribution in [2.24, 2.45) is 10.2 Å². The van der Waals surface area contributed by atoms with Crippen molar-refractivity contribution in [3.63, 3.8) is 0 Å². The molecule has 0 amide bonds. The zero-order chi connectivity index (χ0) is 17.4. The van der Waals surface area contributed by atoms with Gasteiger partial charge >= 0.3 is 5.97 Å². The minimum absolute atomic E-state index is 0.166. The van der Waals surface area contributed by atoms with E-state index in [1.165, 1.54) is 0 Å². The van der Waals surface area contributed by atoms with Crippen LogP contribution in [0.1, 0.15) is 6.92 Å². The zero-order valence-electron chi connectivity index (χ0n) is 13.1. The van der Waals surface area contributed by atoms with E-state index in [2.05, 4.69) is 10.2 Å². The summed E-state index contributed by atoms with van der Waals surface area (Å²) in [6.45, 7) is 1.83. The molecule has 1 N–H and O–H groups in total. The molecular formula is C18H17ClN2O3. The van der Waals surface area contributed by atoms with Gasteiger partial charge in [0.25, 0.3) is 0 Å². The maximum absolute atomic E-state index is 11.8. The molecule has 0 spiro atoms. The van der Waals surface area contributed by atoms with Crippen LogP contribution in [0.4, 0.5) is 5.69 Å². The molecule has 0 radical (unpaired) electrons. The largest absolute Gasteiger partial charge is 0.508 e. The van der Waals surface area contributed by atoms with E-state index in [4.69, 9.17) is 16.3 Å². The van der Waals surface area contributed by atoms with Gasteiger partial charge in [0.05, 0.1) is 18.2 Å². The molecule has 24 heavy (non-hydrogen) atoms. The number of nitrogens with zero attached hydrogens (tertiary/aromatic N) is 2. The normalized spacial score (nSPS) is 12.1. The van der Waals surface area contributed by atoms with E-state index in [0.29, 0.717) is 5.69 Å². The van der Waals surface area contributed by atoms with Crippen molar-refractivity contribution in [1.82, 2.24) is 0 Å². The fraction of sp³-hybridized carbons (Fsp3) is 0.167. The number of ether oxygens (including phenoxy) is 1. The number of aliphatic hydroxyl groups excluding tert-OH is 1. The first-order valence-corrected chi connectivity index (χ1v) is 7.91. The van der Waals surface area contributed by atoms with E-state index in [1.807, 2.05) is 42.5 Å². The van der Waals surface area contributed by atoms with E-state index in [9.17, 15) is 9.90 Å². The van der Waals surface area contributed by atoms with Gasteiger partial charge in [0, 0.05) is 0 Å². The first-order valence-electron chi connectivity index (χ1n) is 7.38. The van der Waals surface area contributed by atoms with Gasteiger partial charge < -0.3 is 9.84 Å². The van der Waals surface area contributed by atoms with Crippen molar-refractivity contribution in [3.05, 3.63) is 66.1 Å². The van der Waals surface area contributed by atoms with Crippen LogP contribution in [0, 0.1) is 0 Å². The summed E-state index contributed by atoms with van der Waals surface area (Å²) in [5.41, 5.74) is 2.38. The Kier molecular flexibility index (Phi) is 6.51. The Hall–Kier alpha value is -2.66. The number of azo groups is 1. The van der Waals surface area contributed by atoms with Crippen LogP contribution >= 0.6 is 11.6 Å². The van der Waals surface area contributed by atoms with E-state index < -0.39 is 5.97 Å². The van der Waals surface area contributed by atoms with Crippen LogP contribution in [0.5, 0.6) is 0 Å². The lowest BCUT2D eigenvalue weighted by atomic mass is 10.1. The first-order chi connectivity index (χ1) is 11.7. The molecule has 0 saturated carbocycles. The molecule has 0 aromatic heterocycles. The van der Waals surface area contributed by atoms with E-state index in [-0.39, 0.29) is 23.9 Å². The van der Waals surface area contributed by atoms with Crippen LogP contribution in [0.3, 0.4) is 0 Å². The summed E-state index contributed by atoms with van der Waals surface area (Å²) < 4.78 is 4.82. The lowest BCUT2D eigenvalue weighted by Gasteiger charge is -2.04. The highest BCUT2D eigenvalue weighted by Crippen LogP contribution is 2.23. The number of halogens is 1. The van der Waals surface area contributed by atoms with E-state index in [1.54, 1.807) is 19.1 Å². The van der Waals surface area contributed by atoms with Crippen LogP contribution in [0.2, 0.25) is 0 Å². The molecule has 0 aliphatic carbocycles. The monoisotopic (exact) mass is 344 g/mol. The average Bonchev–Trinajstić information content (AvgIpc) is 2.63. The maximum Gasteiger partial charge on any atom is 0.362 e. The molecule has 0 aliphatic heterocycles. The predicted octanol–water partition coefficient (Wildman–Crippen LogP) is 5.01. The second kappa shape index (κ2) is 8.84. The van der Waals surface area contributed by atoms with Crippen LogP contribution in [0.25, 0.3) is 11.1 Å². The van der Waals surface area contributed by atoms with Crippen molar-refractivity contribution in [1.29, 1.82) is 0 Å². The van der Waals surface area contributed by atoms with Crippen LogP contribution in [-0.4, -0.2) is 23.6 Å². The van der Waals surface area contributed by atoms with Crippen LogP contribution in [0.15, 0.2) is 76.3 Å². The number of carbonyl (C=O) groups is 1. The van der Waals surface area contributed by atoms with Crippen molar-refractivity contribution in [3.8, 4) is 11.1 Å². The Morgan fingerprint density at radius 1 is 1.08 bits per heavy atom. The number of esters is 1. The van der Waals surface area contributed by atoms with Gasteiger partial charge in [-0.15, -0.1) is 16.7 Å². The number of aliphatic hydroxyl groups is 1. The van der Waals surface area contributed by atoms with Crippen LogP contribution < -0.4 is 0 Å². The van der Waals surface area contributed by atoms with Gasteiger partial charge in [0.15, 0.2) is 0 Å². The van der Waals surface area contributed by atoms with Crippen molar-refractivity contribution >= 4 is 23.3 Å². The molecule has 0 aliphatic rings. The number of benzene rings is 2. The number of allylic oxidation sites excluding steroid dienone is 1. The van der Waals surface area contributed by atoms with Gasteiger partial charge in [-0.3, -0.25) is 0 Å². The van der Waals surface area contributed by atoms with Crippen molar-refractivity contribution in [2.75, 3.05) is 12.5 Å². The van der Waals surface area contributed by atoms with Gasteiger partial charge in [0.1, 0.15) is 5.76 Å². The molecule has 5 nitrogen and oxygen atoms in total. The van der Waals surface area contributed by atoms with Crippen molar-refractivity contribution < 1.29 is 14.6 Å². The summed E-state index contributed by atoms with van der Waals surface area (Å²) in [7, 11) is 0. The lowest BCUT2D eigenvalue weighted by Crippen LogP contribution is -2.09. The van der Waals surface area contributed by atoms with E-state index in [0.717, 1.165) is 11.1 Å². The first kappa shape index (κ1) is 17.7. The third kappa shape index (κ3) is 4.67. The molecule has 2 aromatic carbocycles. The second-order valence-corrected chi connectivity index (χ2v) is 5.03. The SMILES string of the molecule is CCOC(=O)/C(N=Nc1ccc(-c2ccccc2)cc1)=C(/O)CCl. The summed E-state index contributed by atoms with van der Waals surface area (Å²) in [5.74, 6) is -1.39. The highest BCUT2D eigenvalue weighted by molar-refractivity contribution is 6.19. The van der Waals surface area contributed by atoms with Gasteiger partial charge in [-0.25, -0.2) is 4.79 Å². The average molecular weight is 345 g/mol. The van der Waals surface area contributed by atoms with Gasteiger partial charge in [-0.1, -0.05) is 42.5 Å². The quantitative estimate of drug-likeness (QED) is 0.263. The fourth-order valence-corrected chi connectivity index (χ4v) is 2.06. The Bertz CT molecular complexity index is 741. The third-order valence-corrected chi connectivity index (χ3v) is 3.36. The molecule has 2 aromatic rings. The minimum Gasteiger partial charge on any atom is -0.508 e. The van der Waals surface area contributed by atoms with Gasteiger partial charge in [-0.05, 0) is 30.2 Å². The highest BCUT2D eigenvalue weighted by atomic mass is 35.5. The molecule has 2 rings (SSSR count). The lowest BCUT2D eigenvalue weighted by molar-refractivity contribution is -0.138. The van der Waals surface area contributed by atoms with Crippen molar-refractivity contribution in [2.45, 2.75) is 6.92 Å². The minimum atomic E-state index is -0.764. The highest BCUT2D eigenvalue weighted by Gasteiger charge is 2.16. The Morgan fingerprint density at radius 2 is 1.71 bits per heavy atom. The summed E-state index contributed by atoms with van der Waals surface area (Å²) in [4.78, 5) is 11.8. The number of rotatable bonds is 6. The third-order valence-electron chi connectivity index (χ3n) is 3.11. The zero-order valence-corrected chi connectivity index (χ0v) is 13.9. The summed E-state index contributed by atoms with van der Waals surface area (Å²) >= 11 is 5.54. The van der Waals surface area contributed by atoms with Crippen LogP contribution in [-0.2, 0) is 9.53 Å². The number of alkyl halides is 1. The maximum atomic E-state index is 11.8. The molecule has 0 atom stereocenters. The topological polar surface area (TPSA) is 71.2 Å². The number of hydrogen-bond donors (Lipinski definition) is 1. The summed E-state index contributed by atoms with van der Waals surface area (Å²) in [6.07, 6.45) is 0. The van der Waals surface area contributed by atoms with Gasteiger partial charge in [0.2, 0.25) is 5.70 Å². The molecule has 0 heterocycles. The Labute approximate surface area is 145 Å². The Morgan fingerprint density at radius 3 is 2.29 bits per heavy atom. The second-order valence-electron chi connectivity index (χ2n) is 4.76. The number of carbonyl (C=O) groups excluding carboxylic acids is 1. The Balaban J connectivity index is 2.20. The molecular weight excluding hydrogens is 328 g/mol. The van der Waals surface area contributed by atoms with E-state index >= 15 is 0 Å². The summed E-state index contributed by atoms with van der Waals surface area (Å²) in [6, 6.07) is 17.3. The molecule has 0 unspecified atom stereocenters. The molecule has 0 fully saturated rings. The predicted molar refractivity (Wildman–Crippen MR) is 93.4 cm³/mol. The molecule has 0 saturated heterocycles. The number of hydrogen-bond acceptors (Lipinski definition) is 5. The molecule has 124 valence electrons.